The van der Waals surface area contributed by atoms with E-state index >= 15 is 0 Å². The largest absolute Gasteiger partial charge is 0.381 e. The fraction of sp³-hybridized carbons (Fsp3) is 0.462. The zero-order valence-electron chi connectivity index (χ0n) is 11.2. The summed E-state index contributed by atoms with van der Waals surface area (Å²) >= 11 is 0. The van der Waals surface area contributed by atoms with Crippen LogP contribution in [0.25, 0.3) is 0 Å². The second-order valence-electron chi connectivity index (χ2n) is 4.39. The minimum Gasteiger partial charge on any atom is -0.381 e. The lowest BCUT2D eigenvalue weighted by atomic mass is 10.1. The second-order valence-corrected chi connectivity index (χ2v) is 4.39. The highest BCUT2D eigenvalue weighted by molar-refractivity contribution is 5.94. The van der Waals surface area contributed by atoms with Crippen LogP contribution in [-0.4, -0.2) is 43.8 Å². The molecule has 2 rings (SSSR count). The number of hydrogen-bond donors (Lipinski definition) is 2. The second kappa shape index (κ2) is 6.62. The van der Waals surface area contributed by atoms with Crippen molar-refractivity contribution in [3.63, 3.8) is 0 Å². The molecule has 1 aliphatic heterocycles. The summed E-state index contributed by atoms with van der Waals surface area (Å²) in [5.74, 6) is -2.09. The van der Waals surface area contributed by atoms with Crippen LogP contribution in [0.15, 0.2) is 12.1 Å². The fourth-order valence-corrected chi connectivity index (χ4v) is 1.93. The van der Waals surface area contributed by atoms with Gasteiger partial charge < -0.3 is 10.1 Å². The number of halogens is 2. The van der Waals surface area contributed by atoms with Gasteiger partial charge in [0.15, 0.2) is 0 Å². The molecular weight excluding hydrogens is 268 g/mol. The van der Waals surface area contributed by atoms with Crippen LogP contribution < -0.4 is 10.7 Å². The van der Waals surface area contributed by atoms with Crippen LogP contribution in [-0.2, 0) is 4.74 Å². The van der Waals surface area contributed by atoms with Gasteiger partial charge in [-0.2, -0.15) is 0 Å². The predicted octanol–water partition coefficient (Wildman–Crippen LogP) is 1.37. The van der Waals surface area contributed by atoms with E-state index in [1.54, 1.807) is 11.9 Å². The van der Waals surface area contributed by atoms with Crippen LogP contribution in [0.5, 0.6) is 0 Å². The van der Waals surface area contributed by atoms with Gasteiger partial charge in [-0.15, -0.1) is 0 Å². The van der Waals surface area contributed by atoms with Crippen molar-refractivity contribution in [1.82, 2.24) is 10.4 Å². The molecule has 1 aliphatic rings. The van der Waals surface area contributed by atoms with Crippen LogP contribution in [0.4, 0.5) is 14.5 Å². The van der Waals surface area contributed by atoms with Gasteiger partial charge >= 0.3 is 0 Å². The smallest absolute Gasteiger partial charge is 0.265 e. The standard InChI is InChI=1S/C13H17F2N3O2/c1-2-16-12-10(14)7-9(8-11(12)15)13(19)17-18-3-5-20-6-4-18/h7-8,16H,2-6H2,1H3,(H,17,19). The minimum absolute atomic E-state index is 0.0480. The van der Waals surface area contributed by atoms with Gasteiger partial charge in [0.1, 0.15) is 17.3 Å². The molecule has 0 radical (unpaired) electrons. The first-order valence-electron chi connectivity index (χ1n) is 6.48. The number of amides is 1. The third-order valence-corrected chi connectivity index (χ3v) is 2.93. The molecule has 0 aliphatic carbocycles. The van der Waals surface area contributed by atoms with Gasteiger partial charge in [-0.05, 0) is 19.1 Å². The molecule has 2 N–H and O–H groups in total. The van der Waals surface area contributed by atoms with E-state index in [-0.39, 0.29) is 11.3 Å². The molecule has 0 unspecified atom stereocenters. The number of hydrazine groups is 1. The Morgan fingerprint density at radius 2 is 1.90 bits per heavy atom. The van der Waals surface area contributed by atoms with E-state index in [2.05, 4.69) is 10.7 Å². The maximum Gasteiger partial charge on any atom is 0.265 e. The molecule has 20 heavy (non-hydrogen) atoms. The number of nitrogens with zero attached hydrogens (tertiary/aromatic N) is 1. The molecule has 1 heterocycles. The average molecular weight is 285 g/mol. The molecule has 0 saturated carbocycles. The Hall–Kier alpha value is -1.73. The summed E-state index contributed by atoms with van der Waals surface area (Å²) in [6.45, 7) is 4.26. The lowest BCUT2D eigenvalue weighted by Crippen LogP contribution is -2.48. The lowest BCUT2D eigenvalue weighted by Gasteiger charge is -2.27. The summed E-state index contributed by atoms with van der Waals surface area (Å²) in [6.07, 6.45) is 0. The molecule has 7 heteroatoms. The number of anilines is 1. The van der Waals surface area contributed by atoms with Crippen LogP contribution in [0, 0.1) is 11.6 Å². The van der Waals surface area contributed by atoms with E-state index in [1.807, 2.05) is 0 Å². The van der Waals surface area contributed by atoms with Crippen LogP contribution >= 0.6 is 0 Å². The van der Waals surface area contributed by atoms with E-state index < -0.39 is 17.5 Å². The molecule has 1 aromatic rings. The van der Waals surface area contributed by atoms with Crippen LogP contribution in [0.2, 0.25) is 0 Å². The van der Waals surface area contributed by atoms with Crippen molar-refractivity contribution in [2.45, 2.75) is 6.92 Å². The molecule has 1 aromatic carbocycles. The first-order valence-corrected chi connectivity index (χ1v) is 6.48. The molecule has 0 bridgehead atoms. The maximum absolute atomic E-state index is 13.7. The van der Waals surface area contributed by atoms with Crippen molar-refractivity contribution in [2.75, 3.05) is 38.2 Å². The van der Waals surface area contributed by atoms with Gasteiger partial charge in [0.25, 0.3) is 5.91 Å². The Labute approximate surface area is 115 Å². The highest BCUT2D eigenvalue weighted by atomic mass is 19.1. The number of ether oxygens (including phenoxy) is 1. The molecule has 1 fully saturated rings. The number of nitrogens with one attached hydrogen (secondary N) is 2. The van der Waals surface area contributed by atoms with Crippen molar-refractivity contribution in [3.8, 4) is 0 Å². The molecule has 1 saturated heterocycles. The maximum atomic E-state index is 13.7. The fourth-order valence-electron chi connectivity index (χ4n) is 1.93. The Bertz CT molecular complexity index is 467. The normalized spacial score (nSPS) is 15.9. The summed E-state index contributed by atoms with van der Waals surface area (Å²) in [5, 5.41) is 4.25. The summed E-state index contributed by atoms with van der Waals surface area (Å²) in [6, 6.07) is 2.05. The predicted molar refractivity (Wildman–Crippen MR) is 70.4 cm³/mol. The Kier molecular flexibility index (Phi) is 4.86. The monoisotopic (exact) mass is 285 g/mol. The Morgan fingerprint density at radius 3 is 2.45 bits per heavy atom. The minimum atomic E-state index is -0.779. The molecule has 5 nitrogen and oxygen atoms in total. The van der Waals surface area contributed by atoms with Crippen LogP contribution in [0.3, 0.4) is 0 Å². The number of benzene rings is 1. The van der Waals surface area contributed by atoms with Gasteiger partial charge in [0.2, 0.25) is 0 Å². The van der Waals surface area contributed by atoms with Crippen LogP contribution in [0.1, 0.15) is 17.3 Å². The highest BCUT2D eigenvalue weighted by Crippen LogP contribution is 2.20. The highest BCUT2D eigenvalue weighted by Gasteiger charge is 2.18. The average Bonchev–Trinajstić information content (AvgIpc) is 2.43. The van der Waals surface area contributed by atoms with Crippen molar-refractivity contribution in [1.29, 1.82) is 0 Å². The molecule has 1 amide bonds. The quantitative estimate of drug-likeness (QED) is 0.877. The van der Waals surface area contributed by atoms with E-state index in [0.717, 1.165) is 12.1 Å². The van der Waals surface area contributed by atoms with E-state index in [0.29, 0.717) is 32.8 Å². The van der Waals surface area contributed by atoms with Gasteiger partial charge in [0, 0.05) is 25.2 Å². The number of hydrogen-bond acceptors (Lipinski definition) is 4. The third kappa shape index (κ3) is 3.43. The van der Waals surface area contributed by atoms with Gasteiger partial charge in [0.05, 0.1) is 13.2 Å². The number of morpholine rings is 1. The topological polar surface area (TPSA) is 53.6 Å². The lowest BCUT2D eigenvalue weighted by molar-refractivity contribution is 0.0126. The number of carbonyl (C=O) groups is 1. The van der Waals surface area contributed by atoms with E-state index in [1.165, 1.54) is 0 Å². The van der Waals surface area contributed by atoms with Gasteiger partial charge in [-0.1, -0.05) is 0 Å². The first kappa shape index (κ1) is 14.7. The number of carbonyl (C=O) groups excluding carboxylic acids is 1. The van der Waals surface area contributed by atoms with Gasteiger partial charge in [-0.3, -0.25) is 10.2 Å². The van der Waals surface area contributed by atoms with Gasteiger partial charge in [-0.25, -0.2) is 13.8 Å². The number of rotatable bonds is 4. The zero-order chi connectivity index (χ0) is 14.5. The van der Waals surface area contributed by atoms with Crippen molar-refractivity contribution >= 4 is 11.6 Å². The molecule has 0 atom stereocenters. The summed E-state index contributed by atoms with van der Waals surface area (Å²) in [7, 11) is 0. The summed E-state index contributed by atoms with van der Waals surface area (Å²) in [5.41, 5.74) is 2.34. The third-order valence-electron chi connectivity index (χ3n) is 2.93. The van der Waals surface area contributed by atoms with E-state index in [9.17, 15) is 13.6 Å². The SMILES string of the molecule is CCNc1c(F)cc(C(=O)NN2CCOCC2)cc1F. The van der Waals surface area contributed by atoms with Crippen molar-refractivity contribution in [2.24, 2.45) is 0 Å². The molecule has 110 valence electrons. The molecular formula is C13H17F2N3O2. The molecule has 0 spiro atoms. The Morgan fingerprint density at radius 1 is 1.30 bits per heavy atom. The summed E-state index contributed by atoms with van der Waals surface area (Å²) < 4.78 is 32.6. The molecule has 0 aromatic heterocycles. The van der Waals surface area contributed by atoms with Crippen molar-refractivity contribution in [3.05, 3.63) is 29.3 Å². The Balaban J connectivity index is 2.09. The first-order chi connectivity index (χ1) is 9.61. The van der Waals surface area contributed by atoms with Crippen molar-refractivity contribution < 1.29 is 18.3 Å². The summed E-state index contributed by atoms with van der Waals surface area (Å²) in [4.78, 5) is 11.9. The zero-order valence-corrected chi connectivity index (χ0v) is 11.2. The van der Waals surface area contributed by atoms with E-state index in [4.69, 9.17) is 4.74 Å².